The molecule has 4 aromatic carbocycles. The minimum absolute atomic E-state index is 0.149. The summed E-state index contributed by atoms with van der Waals surface area (Å²) in [6, 6.07) is 31.2. The molecule has 0 fully saturated rings. The molecule has 0 aliphatic rings. The summed E-state index contributed by atoms with van der Waals surface area (Å²) in [5.74, 6) is -0.0783. The normalized spacial score (nSPS) is 11.6. The highest BCUT2D eigenvalue weighted by molar-refractivity contribution is 5.91. The van der Waals surface area contributed by atoms with Crippen molar-refractivity contribution >= 4 is 33.7 Å². The molecule has 1 heterocycles. The van der Waals surface area contributed by atoms with Crippen molar-refractivity contribution in [2.24, 2.45) is 0 Å². The smallest absolute Gasteiger partial charge is 0.371 e. The maximum Gasteiger partial charge on any atom is 0.371 e. The Morgan fingerprint density at radius 2 is 1.51 bits per heavy atom. The SMILES string of the molecule is Cc1cc2ccccc2n1CCOc1ccc(/C=C(\Oc2ccc3ccccc3c2)C(=O)O)cc1. The molecule has 0 aliphatic carbocycles. The number of carboxylic acid groups (broad SMARTS) is 1. The zero-order chi connectivity index (χ0) is 24.2. The van der Waals surface area contributed by atoms with E-state index >= 15 is 0 Å². The van der Waals surface area contributed by atoms with Gasteiger partial charge in [0.15, 0.2) is 0 Å². The lowest BCUT2D eigenvalue weighted by Gasteiger charge is -2.11. The molecule has 5 aromatic rings. The van der Waals surface area contributed by atoms with Crippen LogP contribution in [-0.4, -0.2) is 22.2 Å². The summed E-state index contributed by atoms with van der Waals surface area (Å²) >= 11 is 0. The number of hydrogen-bond donors (Lipinski definition) is 1. The van der Waals surface area contributed by atoms with Crippen LogP contribution in [0.2, 0.25) is 0 Å². The number of carboxylic acids is 1. The highest BCUT2D eigenvalue weighted by atomic mass is 16.5. The largest absolute Gasteiger partial charge is 0.492 e. The Morgan fingerprint density at radius 1 is 0.829 bits per heavy atom. The molecule has 0 saturated heterocycles. The quantitative estimate of drug-likeness (QED) is 0.206. The second-order valence-electron chi connectivity index (χ2n) is 8.34. The van der Waals surface area contributed by atoms with Crippen LogP contribution in [0.1, 0.15) is 11.3 Å². The van der Waals surface area contributed by atoms with E-state index < -0.39 is 5.97 Å². The summed E-state index contributed by atoms with van der Waals surface area (Å²) in [6.45, 7) is 3.37. The van der Waals surface area contributed by atoms with Crippen LogP contribution in [0.4, 0.5) is 0 Å². The van der Waals surface area contributed by atoms with Gasteiger partial charge in [0.25, 0.3) is 0 Å². The third-order valence-electron chi connectivity index (χ3n) is 5.94. The van der Waals surface area contributed by atoms with Crippen LogP contribution in [0, 0.1) is 6.92 Å². The predicted octanol–water partition coefficient (Wildman–Crippen LogP) is 6.69. The van der Waals surface area contributed by atoms with Crippen LogP contribution >= 0.6 is 0 Å². The molecule has 35 heavy (non-hydrogen) atoms. The molecule has 5 nitrogen and oxygen atoms in total. The molecule has 1 N–H and O–H groups in total. The summed E-state index contributed by atoms with van der Waals surface area (Å²) in [5, 5.41) is 12.9. The average molecular weight is 464 g/mol. The number of hydrogen-bond acceptors (Lipinski definition) is 3. The fraction of sp³-hybridized carbons (Fsp3) is 0.100. The Kier molecular flexibility index (Phi) is 6.22. The van der Waals surface area contributed by atoms with Crippen molar-refractivity contribution in [2.75, 3.05) is 6.61 Å². The summed E-state index contributed by atoms with van der Waals surface area (Å²) in [4.78, 5) is 11.8. The van der Waals surface area contributed by atoms with Crippen LogP contribution in [0.3, 0.4) is 0 Å². The van der Waals surface area contributed by atoms with E-state index in [4.69, 9.17) is 9.47 Å². The Labute approximate surface area is 203 Å². The summed E-state index contributed by atoms with van der Waals surface area (Å²) < 4.78 is 13.9. The molecule has 5 rings (SSSR count). The van der Waals surface area contributed by atoms with Crippen molar-refractivity contribution in [2.45, 2.75) is 13.5 Å². The van der Waals surface area contributed by atoms with Gasteiger partial charge in [0.1, 0.15) is 18.1 Å². The number of fused-ring (bicyclic) bond motifs is 2. The number of ether oxygens (including phenoxy) is 2. The second kappa shape index (κ2) is 9.77. The van der Waals surface area contributed by atoms with Gasteiger partial charge >= 0.3 is 5.97 Å². The van der Waals surface area contributed by atoms with Crippen molar-refractivity contribution in [3.05, 3.63) is 114 Å². The molecule has 0 radical (unpaired) electrons. The van der Waals surface area contributed by atoms with Crippen LogP contribution in [-0.2, 0) is 11.3 Å². The van der Waals surface area contributed by atoms with E-state index in [0.29, 0.717) is 17.9 Å². The molecule has 0 spiro atoms. The number of nitrogens with zero attached hydrogens (tertiary/aromatic N) is 1. The Bertz CT molecular complexity index is 1530. The predicted molar refractivity (Wildman–Crippen MR) is 139 cm³/mol. The number of benzene rings is 4. The van der Waals surface area contributed by atoms with Gasteiger partial charge in [0.2, 0.25) is 5.76 Å². The molecule has 0 atom stereocenters. The lowest BCUT2D eigenvalue weighted by atomic mass is 10.1. The topological polar surface area (TPSA) is 60.7 Å². The minimum atomic E-state index is -1.13. The number of aromatic nitrogens is 1. The number of carbonyl (C=O) groups is 1. The first-order chi connectivity index (χ1) is 17.1. The van der Waals surface area contributed by atoms with Gasteiger partial charge in [-0.15, -0.1) is 0 Å². The number of para-hydroxylation sites is 1. The molecule has 0 amide bonds. The van der Waals surface area contributed by atoms with Crippen molar-refractivity contribution in [1.29, 1.82) is 0 Å². The van der Waals surface area contributed by atoms with Crippen molar-refractivity contribution in [3.8, 4) is 11.5 Å². The third-order valence-corrected chi connectivity index (χ3v) is 5.94. The molecule has 174 valence electrons. The molecular formula is C30H25NO4. The monoisotopic (exact) mass is 463 g/mol. The van der Waals surface area contributed by atoms with E-state index in [1.54, 1.807) is 6.07 Å². The van der Waals surface area contributed by atoms with Gasteiger partial charge in [-0.1, -0.05) is 60.7 Å². The standard InChI is InChI=1S/C30H25NO4/c1-21-18-25-8-4-5-9-28(25)31(21)16-17-34-26-13-10-22(11-14-26)19-29(30(32)33)35-27-15-12-23-6-2-3-7-24(23)20-27/h2-15,18-20H,16-17H2,1H3,(H,32,33)/b29-19-. The first-order valence-electron chi connectivity index (χ1n) is 11.5. The lowest BCUT2D eigenvalue weighted by Crippen LogP contribution is -2.09. The molecule has 0 aliphatic heterocycles. The van der Waals surface area contributed by atoms with Gasteiger partial charge in [-0.25, -0.2) is 4.79 Å². The molecule has 0 saturated carbocycles. The number of aliphatic carboxylic acids is 1. The summed E-state index contributed by atoms with van der Waals surface area (Å²) in [5.41, 5.74) is 3.10. The maximum atomic E-state index is 11.8. The zero-order valence-corrected chi connectivity index (χ0v) is 19.3. The highest BCUT2D eigenvalue weighted by Crippen LogP contribution is 2.24. The fourth-order valence-corrected chi connectivity index (χ4v) is 4.20. The zero-order valence-electron chi connectivity index (χ0n) is 19.3. The highest BCUT2D eigenvalue weighted by Gasteiger charge is 2.11. The number of rotatable bonds is 8. The molecule has 5 heteroatoms. The van der Waals surface area contributed by atoms with Gasteiger partial charge in [-0.3, -0.25) is 0 Å². The van der Waals surface area contributed by atoms with E-state index in [9.17, 15) is 9.90 Å². The maximum absolute atomic E-state index is 11.8. The van der Waals surface area contributed by atoms with Crippen molar-refractivity contribution in [1.82, 2.24) is 4.57 Å². The summed E-state index contributed by atoms with van der Waals surface area (Å²) in [6.07, 6.45) is 1.51. The first kappa shape index (κ1) is 22.3. The van der Waals surface area contributed by atoms with Crippen LogP contribution < -0.4 is 9.47 Å². The molecule has 1 aromatic heterocycles. The van der Waals surface area contributed by atoms with Crippen LogP contribution in [0.25, 0.3) is 27.8 Å². The fourth-order valence-electron chi connectivity index (χ4n) is 4.20. The van der Waals surface area contributed by atoms with Gasteiger partial charge in [-0.2, -0.15) is 0 Å². The van der Waals surface area contributed by atoms with E-state index in [1.165, 1.54) is 22.7 Å². The Hall–Kier alpha value is -4.51. The number of aryl methyl sites for hydroxylation is 1. The lowest BCUT2D eigenvalue weighted by molar-refractivity contribution is -0.134. The van der Waals surface area contributed by atoms with Gasteiger partial charge in [-0.05, 0) is 71.1 Å². The third kappa shape index (κ3) is 5.04. The minimum Gasteiger partial charge on any atom is -0.492 e. The molecule has 0 bridgehead atoms. The van der Waals surface area contributed by atoms with Gasteiger partial charge in [0.05, 0.1) is 6.54 Å². The van der Waals surface area contributed by atoms with Gasteiger partial charge in [0, 0.05) is 11.2 Å². The van der Waals surface area contributed by atoms with Crippen molar-refractivity contribution < 1.29 is 19.4 Å². The van der Waals surface area contributed by atoms with E-state index in [0.717, 1.165) is 23.1 Å². The Morgan fingerprint density at radius 3 is 2.29 bits per heavy atom. The van der Waals surface area contributed by atoms with Crippen molar-refractivity contribution in [3.63, 3.8) is 0 Å². The van der Waals surface area contributed by atoms with E-state index in [-0.39, 0.29) is 5.76 Å². The summed E-state index contributed by atoms with van der Waals surface area (Å²) in [7, 11) is 0. The van der Waals surface area contributed by atoms with Crippen LogP contribution in [0.15, 0.2) is 103 Å². The second-order valence-corrected chi connectivity index (χ2v) is 8.34. The van der Waals surface area contributed by atoms with E-state index in [1.807, 2.05) is 72.8 Å². The van der Waals surface area contributed by atoms with Gasteiger partial charge < -0.3 is 19.1 Å². The molecule has 0 unspecified atom stereocenters. The molecular weight excluding hydrogens is 438 g/mol. The van der Waals surface area contributed by atoms with Crippen LogP contribution in [0.5, 0.6) is 11.5 Å². The van der Waals surface area contributed by atoms with E-state index in [2.05, 4.69) is 29.7 Å². The average Bonchev–Trinajstić information content (AvgIpc) is 3.19. The first-order valence-corrected chi connectivity index (χ1v) is 11.5. The Balaban J connectivity index is 1.25.